The first-order chi connectivity index (χ1) is 32.8. The fourth-order valence-corrected chi connectivity index (χ4v) is 10.5. The summed E-state index contributed by atoms with van der Waals surface area (Å²) in [5.74, 6) is -4.78. The molecule has 0 aliphatic carbocycles. The lowest BCUT2D eigenvalue weighted by Crippen LogP contribution is -2.01. The molecule has 0 unspecified atom stereocenters. The van der Waals surface area contributed by atoms with E-state index in [2.05, 4.69) is 131 Å². The van der Waals surface area contributed by atoms with Crippen molar-refractivity contribution in [2.24, 2.45) is 0 Å². The van der Waals surface area contributed by atoms with E-state index in [0.717, 1.165) is 81.0 Å². The van der Waals surface area contributed by atoms with Crippen LogP contribution in [-0.4, -0.2) is 45.1 Å². The van der Waals surface area contributed by atoms with Gasteiger partial charge in [0.1, 0.15) is 5.56 Å². The van der Waals surface area contributed by atoms with Crippen LogP contribution in [0, 0.1) is 0 Å². The topological polar surface area (TPSA) is 145 Å². The van der Waals surface area contributed by atoms with Gasteiger partial charge in [-0.25, -0.2) is 15.0 Å². The van der Waals surface area contributed by atoms with Crippen LogP contribution in [-0.2, 0) is 0 Å². The molecule has 9 aromatic carbocycles. The molecule has 12 aromatic rings. The van der Waals surface area contributed by atoms with Crippen LogP contribution in [0.5, 0.6) is 28.7 Å². The van der Waals surface area contributed by atoms with Gasteiger partial charge in [-0.15, -0.1) is 11.3 Å². The third-order valence-corrected chi connectivity index (χ3v) is 13.6. The Kier molecular flexibility index (Phi) is 9.23. The molecule has 3 heterocycles. The minimum atomic E-state index is -1.08. The zero-order valence-electron chi connectivity index (χ0n) is 35.3. The summed E-state index contributed by atoms with van der Waals surface area (Å²) in [5.41, 5.74) is 10.2. The van der Waals surface area contributed by atoms with Crippen molar-refractivity contribution >= 4 is 53.3 Å². The van der Waals surface area contributed by atoms with Crippen LogP contribution in [0.3, 0.4) is 0 Å². The maximum Gasteiger partial charge on any atom is 0.208 e. The van der Waals surface area contributed by atoms with Gasteiger partial charge in [-0.3, -0.25) is 0 Å². The Balaban J connectivity index is 1.19. The Bertz CT molecular complexity index is 3880. The standard InChI is InChI=1S/C57H36N4O5S/c62-49-48(50(63)52(65)53(66)51(49)64)57-59-55(35-21-11-4-12-22-35)58-56(60-57)41-31-37(33-17-7-2-8-18-33)30-40-47-45(67-54(40)41)28-27-44(46(47)34-19-9-3-10-20-34)61-42-24-14-13-23-38(42)39-29-36(25-26-43(39)61)32-15-5-1-6-16-32/h1-31,62-66H. The number of phenols is 5. The van der Waals surface area contributed by atoms with Gasteiger partial charge in [-0.1, -0.05) is 146 Å². The van der Waals surface area contributed by atoms with Gasteiger partial charge in [0.2, 0.25) is 17.2 Å². The number of nitrogens with zero attached hydrogens (tertiary/aromatic N) is 4. The highest BCUT2D eigenvalue weighted by atomic mass is 32.1. The highest BCUT2D eigenvalue weighted by molar-refractivity contribution is 7.26. The fraction of sp³-hybridized carbons (Fsp3) is 0. The number of aromatic hydroxyl groups is 5. The normalized spacial score (nSPS) is 11.6. The van der Waals surface area contributed by atoms with Crippen molar-refractivity contribution in [3.8, 4) is 102 Å². The van der Waals surface area contributed by atoms with Gasteiger partial charge < -0.3 is 30.1 Å². The van der Waals surface area contributed by atoms with Crippen molar-refractivity contribution in [2.75, 3.05) is 0 Å². The van der Waals surface area contributed by atoms with Crippen LogP contribution in [0.2, 0.25) is 0 Å². The number of rotatable bonds is 7. The van der Waals surface area contributed by atoms with Gasteiger partial charge in [0, 0.05) is 47.6 Å². The SMILES string of the molecule is Oc1c(O)c(O)c(-c2nc(-c3ccccc3)nc(-c3cc(-c4ccccc4)cc4c3sc3ccc(-n5c6ccccc6c6cc(-c7ccccc7)ccc65)c(-c5ccccc5)c34)n2)c(O)c1O. The smallest absolute Gasteiger partial charge is 0.208 e. The number of hydrogen-bond acceptors (Lipinski definition) is 9. The molecule has 0 amide bonds. The van der Waals surface area contributed by atoms with E-state index in [0.29, 0.717) is 11.1 Å². The Labute approximate surface area is 386 Å². The Morgan fingerprint density at radius 3 is 1.55 bits per heavy atom. The summed E-state index contributed by atoms with van der Waals surface area (Å²) in [6.45, 7) is 0. The molecule has 320 valence electrons. The van der Waals surface area contributed by atoms with Crippen molar-refractivity contribution in [1.29, 1.82) is 0 Å². The summed E-state index contributed by atoms with van der Waals surface area (Å²) in [4.78, 5) is 14.6. The number of hydrogen-bond donors (Lipinski definition) is 5. The maximum absolute atomic E-state index is 11.2. The van der Waals surface area contributed by atoms with Crippen molar-refractivity contribution in [3.63, 3.8) is 0 Å². The fourth-order valence-electron chi connectivity index (χ4n) is 9.27. The number of fused-ring (bicyclic) bond motifs is 6. The van der Waals surface area contributed by atoms with E-state index < -0.39 is 34.3 Å². The molecule has 0 aliphatic heterocycles. The number of phenolic OH excluding ortho intramolecular Hbond substituents is 5. The largest absolute Gasteiger partial charge is 0.504 e. The molecule has 0 saturated heterocycles. The summed E-state index contributed by atoms with van der Waals surface area (Å²) < 4.78 is 4.27. The van der Waals surface area contributed by atoms with Crippen LogP contribution >= 0.6 is 11.3 Å². The second-order valence-electron chi connectivity index (χ2n) is 16.3. The lowest BCUT2D eigenvalue weighted by atomic mass is 9.94. The second-order valence-corrected chi connectivity index (χ2v) is 17.4. The van der Waals surface area contributed by atoms with E-state index >= 15 is 0 Å². The van der Waals surface area contributed by atoms with Crippen LogP contribution in [0.15, 0.2) is 188 Å². The first-order valence-corrected chi connectivity index (χ1v) is 22.4. The third-order valence-electron chi connectivity index (χ3n) is 12.4. The average molecular weight is 889 g/mol. The lowest BCUT2D eigenvalue weighted by molar-refractivity contribution is 0.329. The Morgan fingerprint density at radius 1 is 0.358 bits per heavy atom. The number of thiophene rings is 1. The minimum absolute atomic E-state index is 0.208. The van der Waals surface area contributed by atoms with E-state index in [-0.39, 0.29) is 17.5 Å². The quantitative estimate of drug-likeness (QED) is 0.0786. The van der Waals surface area contributed by atoms with Crippen molar-refractivity contribution in [1.82, 2.24) is 19.5 Å². The molecule has 67 heavy (non-hydrogen) atoms. The molecular weight excluding hydrogens is 853 g/mol. The number of aromatic nitrogens is 4. The van der Waals surface area contributed by atoms with Gasteiger partial charge in [-0.05, 0) is 70.3 Å². The number of para-hydroxylation sites is 1. The van der Waals surface area contributed by atoms with Crippen LogP contribution in [0.4, 0.5) is 0 Å². The highest BCUT2D eigenvalue weighted by Crippen LogP contribution is 2.55. The molecule has 12 rings (SSSR count). The minimum Gasteiger partial charge on any atom is -0.504 e. The van der Waals surface area contributed by atoms with Gasteiger partial charge >= 0.3 is 0 Å². The molecule has 0 saturated carbocycles. The predicted molar refractivity (Wildman–Crippen MR) is 268 cm³/mol. The first-order valence-electron chi connectivity index (χ1n) is 21.6. The van der Waals surface area contributed by atoms with Crippen molar-refractivity contribution in [3.05, 3.63) is 188 Å². The monoisotopic (exact) mass is 888 g/mol. The lowest BCUT2D eigenvalue weighted by Gasteiger charge is -2.16. The van der Waals surface area contributed by atoms with Crippen molar-refractivity contribution in [2.45, 2.75) is 0 Å². The maximum atomic E-state index is 11.2. The summed E-state index contributed by atoms with van der Waals surface area (Å²) in [6, 6.07) is 64.0. The molecule has 5 N–H and O–H groups in total. The zero-order valence-corrected chi connectivity index (χ0v) is 36.1. The zero-order chi connectivity index (χ0) is 45.3. The average Bonchev–Trinajstić information content (AvgIpc) is 3.93. The van der Waals surface area contributed by atoms with Gasteiger partial charge in [0.25, 0.3) is 0 Å². The summed E-state index contributed by atoms with van der Waals surface area (Å²) in [5, 5.41) is 58.3. The molecular formula is C57H36N4O5S. The van der Waals surface area contributed by atoms with E-state index in [4.69, 9.17) is 9.97 Å². The Morgan fingerprint density at radius 2 is 0.881 bits per heavy atom. The summed E-state index contributed by atoms with van der Waals surface area (Å²) >= 11 is 1.60. The van der Waals surface area contributed by atoms with Gasteiger partial charge in [0.15, 0.2) is 29.0 Å². The molecule has 0 radical (unpaired) electrons. The second kappa shape index (κ2) is 15.6. The van der Waals surface area contributed by atoms with E-state index in [1.165, 1.54) is 0 Å². The van der Waals surface area contributed by atoms with Gasteiger partial charge in [-0.2, -0.15) is 0 Å². The molecule has 0 aliphatic rings. The molecule has 0 bridgehead atoms. The van der Waals surface area contributed by atoms with E-state index in [9.17, 15) is 25.5 Å². The molecule has 0 spiro atoms. The molecule has 0 atom stereocenters. The van der Waals surface area contributed by atoms with Crippen LogP contribution in [0.1, 0.15) is 0 Å². The Hall–Kier alpha value is -8.99. The third kappa shape index (κ3) is 6.41. The van der Waals surface area contributed by atoms with E-state index in [1.54, 1.807) is 11.3 Å². The number of benzene rings is 9. The summed E-state index contributed by atoms with van der Waals surface area (Å²) in [6.07, 6.45) is 0. The first kappa shape index (κ1) is 39.6. The van der Waals surface area contributed by atoms with Crippen molar-refractivity contribution < 1.29 is 25.5 Å². The molecule has 10 heteroatoms. The highest BCUT2D eigenvalue weighted by Gasteiger charge is 2.29. The molecule has 9 nitrogen and oxygen atoms in total. The van der Waals surface area contributed by atoms with Gasteiger partial charge in [0.05, 0.1) is 16.7 Å². The molecule has 3 aromatic heterocycles. The summed E-state index contributed by atoms with van der Waals surface area (Å²) in [7, 11) is 0. The van der Waals surface area contributed by atoms with E-state index in [1.807, 2.05) is 66.7 Å². The predicted octanol–water partition coefficient (Wildman–Crippen LogP) is 13.9. The molecule has 0 fully saturated rings. The van der Waals surface area contributed by atoms with Crippen LogP contribution < -0.4 is 0 Å². The van der Waals surface area contributed by atoms with Crippen LogP contribution in [0.25, 0.3) is 115 Å².